The van der Waals surface area contributed by atoms with Crippen molar-refractivity contribution in [3.05, 3.63) is 164 Å². The smallest absolute Gasteiger partial charge is 0.135 e. The highest BCUT2D eigenvalue weighted by molar-refractivity contribution is 8.01. The Balaban J connectivity index is 1.10. The van der Waals surface area contributed by atoms with Crippen molar-refractivity contribution in [2.24, 2.45) is 0 Å². The van der Waals surface area contributed by atoms with Gasteiger partial charge in [0.2, 0.25) is 6.71 Å². The van der Waals surface area contributed by atoms with Crippen LogP contribution < -0.4 is 16.4 Å². The zero-order valence-electron chi connectivity index (χ0n) is 27.3. The minimum absolute atomic E-state index is 0.194. The topological polar surface area (TPSA) is 0 Å². The van der Waals surface area contributed by atoms with Gasteiger partial charge >= 0.3 is 0 Å². The average molecular weight is 719 g/mol. The largest absolute Gasteiger partial charge is 0.247 e. The molecule has 11 rings (SSSR count). The van der Waals surface area contributed by atoms with Gasteiger partial charge in [0.05, 0.1) is 0 Å². The maximum Gasteiger partial charge on any atom is 0.247 e. The van der Waals surface area contributed by atoms with E-state index in [-0.39, 0.29) is 6.71 Å². The summed E-state index contributed by atoms with van der Waals surface area (Å²) in [5.74, 6) is 0. The lowest BCUT2D eigenvalue weighted by Gasteiger charge is -2.35. The number of hydrogen-bond acceptors (Lipinski definition) is 4. The third kappa shape index (κ3) is 4.91. The van der Waals surface area contributed by atoms with Crippen LogP contribution in [0.4, 0.5) is 0 Å². The quantitative estimate of drug-likeness (QED) is 0.166. The van der Waals surface area contributed by atoms with Gasteiger partial charge in [-0.2, -0.15) is 0 Å². The summed E-state index contributed by atoms with van der Waals surface area (Å²) in [7, 11) is 0. The van der Waals surface area contributed by atoms with Gasteiger partial charge in [0.15, 0.2) is 0 Å². The Morgan fingerprint density at radius 2 is 0.784 bits per heavy atom. The standard InChI is InChI=1S/C46H27BS4/c1-5-13-38-32(9-1)25-42(48-38)30-21-17-28(18-22-30)34-27-35(29-19-23-31(24-20-29)43-26-33-10-2-6-14-39(33)49-43)46-44-45(34)50-40-15-7-3-11-36(40)47(44)37-12-4-8-16-41(37)51-46/h1-27H. The van der Waals surface area contributed by atoms with E-state index in [1.54, 1.807) is 0 Å². The second kappa shape index (κ2) is 11.9. The van der Waals surface area contributed by atoms with Crippen molar-refractivity contribution in [1.82, 2.24) is 0 Å². The maximum atomic E-state index is 2.48. The lowest BCUT2D eigenvalue weighted by Crippen LogP contribution is -2.58. The Hall–Kier alpha value is -4.78. The van der Waals surface area contributed by atoms with Gasteiger partial charge in [-0.3, -0.25) is 0 Å². The molecule has 0 unspecified atom stereocenters. The molecule has 4 heterocycles. The average Bonchev–Trinajstić information content (AvgIpc) is 3.83. The molecule has 0 bridgehead atoms. The van der Waals surface area contributed by atoms with E-state index in [1.165, 1.54) is 99.3 Å². The summed E-state index contributed by atoms with van der Waals surface area (Å²) >= 11 is 7.63. The van der Waals surface area contributed by atoms with Gasteiger partial charge in [0.25, 0.3) is 0 Å². The second-order valence-electron chi connectivity index (χ2n) is 13.2. The molecule has 2 aliphatic heterocycles. The molecule has 0 fully saturated rings. The van der Waals surface area contributed by atoms with Crippen molar-refractivity contribution >= 4 is 89.5 Å². The maximum absolute atomic E-state index is 2.48. The molecule has 2 aromatic heterocycles. The summed E-state index contributed by atoms with van der Waals surface area (Å²) < 4.78 is 2.66. The molecule has 0 saturated heterocycles. The second-order valence-corrected chi connectivity index (χ2v) is 17.5. The van der Waals surface area contributed by atoms with E-state index in [2.05, 4.69) is 164 Å². The van der Waals surface area contributed by atoms with Crippen molar-refractivity contribution in [3.8, 4) is 43.1 Å². The van der Waals surface area contributed by atoms with E-state index in [9.17, 15) is 0 Å². The molecular weight excluding hydrogens is 692 g/mol. The van der Waals surface area contributed by atoms with Crippen LogP contribution in [0.1, 0.15) is 0 Å². The van der Waals surface area contributed by atoms with Gasteiger partial charge in [-0.15, -0.1) is 22.7 Å². The SMILES string of the molecule is c1ccc2c(c1)Sc1c(-c3ccc(-c4cc5ccccc5s4)cc3)cc(-c3ccc(-c4cc5ccccc5s4)cc3)c3c1B2c1ccccc1S3. The first-order chi connectivity index (χ1) is 25.2. The molecule has 0 N–H and O–H groups in total. The molecule has 51 heavy (non-hydrogen) atoms. The van der Waals surface area contributed by atoms with E-state index < -0.39 is 0 Å². The first kappa shape index (κ1) is 29.9. The highest BCUT2D eigenvalue weighted by Gasteiger charge is 2.40. The molecule has 2 aliphatic rings. The third-order valence-electron chi connectivity index (χ3n) is 10.3. The number of thiophene rings is 2. The molecule has 0 amide bonds. The third-order valence-corrected chi connectivity index (χ3v) is 15.1. The predicted octanol–water partition coefficient (Wildman–Crippen LogP) is 12.2. The van der Waals surface area contributed by atoms with Gasteiger partial charge in [-0.25, -0.2) is 0 Å². The normalized spacial score (nSPS) is 12.9. The summed E-state index contributed by atoms with van der Waals surface area (Å²) in [6, 6.07) is 61.2. The molecule has 0 spiro atoms. The number of hydrogen-bond donors (Lipinski definition) is 0. The molecule has 0 radical (unpaired) electrons. The van der Waals surface area contributed by atoms with Crippen molar-refractivity contribution in [1.29, 1.82) is 0 Å². The highest BCUT2D eigenvalue weighted by atomic mass is 32.2. The van der Waals surface area contributed by atoms with Crippen LogP contribution in [-0.4, -0.2) is 6.71 Å². The van der Waals surface area contributed by atoms with E-state index >= 15 is 0 Å². The zero-order chi connectivity index (χ0) is 33.5. The summed E-state index contributed by atoms with van der Waals surface area (Å²) in [4.78, 5) is 8.10. The molecule has 0 aliphatic carbocycles. The van der Waals surface area contributed by atoms with Crippen LogP contribution in [0, 0.1) is 0 Å². The summed E-state index contributed by atoms with van der Waals surface area (Å²) in [6.07, 6.45) is 0. The monoisotopic (exact) mass is 718 g/mol. The van der Waals surface area contributed by atoms with E-state index in [0.29, 0.717) is 0 Å². The molecule has 7 aromatic carbocycles. The molecule has 9 aromatic rings. The van der Waals surface area contributed by atoms with Gasteiger partial charge in [-0.05, 0) is 92.1 Å². The van der Waals surface area contributed by atoms with Crippen molar-refractivity contribution in [2.75, 3.05) is 0 Å². The van der Waals surface area contributed by atoms with Crippen LogP contribution in [0.25, 0.3) is 63.3 Å². The molecule has 5 heteroatoms. The molecule has 0 nitrogen and oxygen atoms in total. The Bertz CT molecular complexity index is 2550. The number of rotatable bonds is 4. The first-order valence-corrected chi connectivity index (χ1v) is 20.4. The minimum Gasteiger partial charge on any atom is -0.135 e. The van der Waals surface area contributed by atoms with Gasteiger partial charge in [-0.1, -0.05) is 156 Å². The van der Waals surface area contributed by atoms with Crippen molar-refractivity contribution in [3.63, 3.8) is 0 Å². The minimum atomic E-state index is 0.194. The Labute approximate surface area is 313 Å². The van der Waals surface area contributed by atoms with Crippen molar-refractivity contribution < 1.29 is 0 Å². The van der Waals surface area contributed by atoms with Crippen LogP contribution in [0.15, 0.2) is 183 Å². The molecular formula is C46H27BS4. The Kier molecular flexibility index (Phi) is 6.98. The molecule has 0 saturated carbocycles. The van der Waals surface area contributed by atoms with Crippen LogP contribution in [0.3, 0.4) is 0 Å². The van der Waals surface area contributed by atoms with Gasteiger partial charge in [0, 0.05) is 38.7 Å². The lowest BCUT2D eigenvalue weighted by molar-refractivity contribution is 1.33. The van der Waals surface area contributed by atoms with E-state index in [0.717, 1.165) is 0 Å². The fourth-order valence-electron chi connectivity index (χ4n) is 7.78. The zero-order valence-corrected chi connectivity index (χ0v) is 30.6. The molecule has 0 atom stereocenters. The number of fused-ring (bicyclic) bond motifs is 6. The van der Waals surface area contributed by atoms with E-state index in [4.69, 9.17) is 0 Å². The highest BCUT2D eigenvalue weighted by Crippen LogP contribution is 2.48. The van der Waals surface area contributed by atoms with Crippen LogP contribution in [-0.2, 0) is 0 Å². The lowest BCUT2D eigenvalue weighted by atomic mass is 9.36. The first-order valence-electron chi connectivity index (χ1n) is 17.2. The summed E-state index contributed by atoms with van der Waals surface area (Å²) in [5, 5.41) is 2.62. The predicted molar refractivity (Wildman–Crippen MR) is 225 cm³/mol. The van der Waals surface area contributed by atoms with Crippen LogP contribution >= 0.6 is 46.2 Å². The van der Waals surface area contributed by atoms with E-state index in [1.807, 2.05) is 46.2 Å². The summed E-state index contributed by atoms with van der Waals surface area (Å²) in [6.45, 7) is 0.194. The van der Waals surface area contributed by atoms with Crippen molar-refractivity contribution in [2.45, 2.75) is 19.6 Å². The Morgan fingerprint density at radius 3 is 1.25 bits per heavy atom. The van der Waals surface area contributed by atoms with Gasteiger partial charge < -0.3 is 0 Å². The van der Waals surface area contributed by atoms with Crippen LogP contribution in [0.2, 0.25) is 0 Å². The van der Waals surface area contributed by atoms with Gasteiger partial charge in [0.1, 0.15) is 0 Å². The fraction of sp³-hybridized carbons (Fsp3) is 0. The Morgan fingerprint density at radius 1 is 0.373 bits per heavy atom. The van der Waals surface area contributed by atoms with Crippen LogP contribution in [0.5, 0.6) is 0 Å². The molecule has 238 valence electrons. The fourth-order valence-corrected chi connectivity index (χ4v) is 12.6. The number of benzene rings is 7. The summed E-state index contributed by atoms with van der Waals surface area (Å²) in [5.41, 5.74) is 11.9.